The first-order chi connectivity index (χ1) is 12.7. The summed E-state index contributed by atoms with van der Waals surface area (Å²) in [7, 11) is 0. The SMILES string of the molecule is CC(C)(C)OC(=O)NC(Cc1cccc(C(=O)c2ccccc2)c1)C(=O)O. The number of amides is 1. The van der Waals surface area contributed by atoms with Crippen molar-refractivity contribution in [3.63, 3.8) is 0 Å². The van der Waals surface area contributed by atoms with Gasteiger partial charge in [-0.05, 0) is 32.4 Å². The van der Waals surface area contributed by atoms with Gasteiger partial charge < -0.3 is 15.2 Å². The molecule has 0 saturated carbocycles. The van der Waals surface area contributed by atoms with Crippen LogP contribution in [0, 0.1) is 0 Å². The van der Waals surface area contributed by atoms with Crippen LogP contribution in [0.5, 0.6) is 0 Å². The van der Waals surface area contributed by atoms with Crippen molar-refractivity contribution in [2.45, 2.75) is 38.8 Å². The Morgan fingerprint density at radius 3 is 2.22 bits per heavy atom. The number of hydrogen-bond acceptors (Lipinski definition) is 4. The van der Waals surface area contributed by atoms with Gasteiger partial charge in [0, 0.05) is 17.5 Å². The van der Waals surface area contributed by atoms with Crippen molar-refractivity contribution >= 4 is 17.8 Å². The summed E-state index contributed by atoms with van der Waals surface area (Å²) >= 11 is 0. The van der Waals surface area contributed by atoms with Crippen molar-refractivity contribution in [1.82, 2.24) is 5.32 Å². The Morgan fingerprint density at radius 1 is 1.00 bits per heavy atom. The maximum Gasteiger partial charge on any atom is 0.408 e. The molecular formula is C21H23NO5. The van der Waals surface area contributed by atoms with Crippen LogP contribution in [-0.4, -0.2) is 34.6 Å². The zero-order valence-electron chi connectivity index (χ0n) is 15.6. The first-order valence-corrected chi connectivity index (χ1v) is 8.57. The van der Waals surface area contributed by atoms with Crippen molar-refractivity contribution < 1.29 is 24.2 Å². The molecule has 0 aliphatic carbocycles. The van der Waals surface area contributed by atoms with E-state index in [4.69, 9.17) is 4.74 Å². The number of ketones is 1. The fourth-order valence-electron chi connectivity index (χ4n) is 2.48. The summed E-state index contributed by atoms with van der Waals surface area (Å²) < 4.78 is 5.11. The molecule has 27 heavy (non-hydrogen) atoms. The van der Waals surface area contributed by atoms with Gasteiger partial charge in [-0.15, -0.1) is 0 Å². The molecule has 6 nitrogen and oxygen atoms in total. The molecular weight excluding hydrogens is 346 g/mol. The average Bonchev–Trinajstić information content (AvgIpc) is 2.60. The molecule has 1 atom stereocenters. The van der Waals surface area contributed by atoms with Gasteiger partial charge in [0.05, 0.1) is 0 Å². The summed E-state index contributed by atoms with van der Waals surface area (Å²) in [6.45, 7) is 5.09. The maximum atomic E-state index is 12.5. The Labute approximate surface area is 158 Å². The van der Waals surface area contributed by atoms with Gasteiger partial charge in [-0.25, -0.2) is 9.59 Å². The van der Waals surface area contributed by atoms with E-state index in [9.17, 15) is 19.5 Å². The van der Waals surface area contributed by atoms with Crippen LogP contribution in [0.25, 0.3) is 0 Å². The topological polar surface area (TPSA) is 92.7 Å². The van der Waals surface area contributed by atoms with Gasteiger partial charge in [-0.1, -0.05) is 48.5 Å². The van der Waals surface area contributed by atoms with Crippen molar-refractivity contribution in [2.75, 3.05) is 0 Å². The minimum Gasteiger partial charge on any atom is -0.480 e. The smallest absolute Gasteiger partial charge is 0.408 e. The first-order valence-electron chi connectivity index (χ1n) is 8.57. The van der Waals surface area contributed by atoms with Gasteiger partial charge in [-0.2, -0.15) is 0 Å². The standard InChI is InChI=1S/C21H23NO5/c1-21(2,3)27-20(26)22-17(19(24)25)13-14-8-7-11-16(12-14)18(23)15-9-5-4-6-10-15/h4-12,17H,13H2,1-3H3,(H,22,26)(H,24,25). The van der Waals surface area contributed by atoms with Gasteiger partial charge in [0.2, 0.25) is 0 Å². The predicted molar refractivity (Wildman–Crippen MR) is 101 cm³/mol. The number of carboxylic acids is 1. The lowest BCUT2D eigenvalue weighted by molar-refractivity contribution is -0.139. The third-order valence-corrected chi connectivity index (χ3v) is 3.65. The number of benzene rings is 2. The molecule has 0 radical (unpaired) electrons. The summed E-state index contributed by atoms with van der Waals surface area (Å²) in [4.78, 5) is 35.9. The van der Waals surface area contributed by atoms with Crippen molar-refractivity contribution in [3.05, 3.63) is 71.3 Å². The van der Waals surface area contributed by atoms with Crippen LogP contribution in [-0.2, 0) is 16.0 Å². The normalized spacial score (nSPS) is 12.1. The molecule has 142 valence electrons. The molecule has 1 amide bonds. The number of nitrogens with one attached hydrogen (secondary N) is 1. The van der Waals surface area contributed by atoms with Crippen LogP contribution < -0.4 is 5.32 Å². The lowest BCUT2D eigenvalue weighted by Gasteiger charge is -2.22. The molecule has 2 aromatic carbocycles. The lowest BCUT2D eigenvalue weighted by atomic mass is 9.98. The molecule has 0 aliphatic rings. The van der Waals surface area contributed by atoms with E-state index in [2.05, 4.69) is 5.32 Å². The zero-order valence-corrected chi connectivity index (χ0v) is 15.6. The van der Waals surface area contributed by atoms with E-state index in [1.165, 1.54) is 0 Å². The molecule has 2 aromatic rings. The van der Waals surface area contributed by atoms with Gasteiger partial charge in [0.25, 0.3) is 0 Å². The van der Waals surface area contributed by atoms with Crippen molar-refractivity contribution in [3.8, 4) is 0 Å². The Bertz CT molecular complexity index is 824. The fourth-order valence-corrected chi connectivity index (χ4v) is 2.48. The summed E-state index contributed by atoms with van der Waals surface area (Å²) in [6, 6.07) is 14.4. The fraction of sp³-hybridized carbons (Fsp3) is 0.286. The highest BCUT2D eigenvalue weighted by Gasteiger charge is 2.24. The van der Waals surface area contributed by atoms with Gasteiger partial charge >= 0.3 is 12.1 Å². The lowest BCUT2D eigenvalue weighted by Crippen LogP contribution is -2.44. The van der Waals surface area contributed by atoms with Crippen LogP contribution in [0.1, 0.15) is 42.3 Å². The van der Waals surface area contributed by atoms with Crippen LogP contribution >= 0.6 is 0 Å². The Morgan fingerprint density at radius 2 is 1.63 bits per heavy atom. The van der Waals surface area contributed by atoms with Crippen LogP contribution in [0.3, 0.4) is 0 Å². The Hall–Kier alpha value is -3.15. The molecule has 1 unspecified atom stereocenters. The molecule has 0 aromatic heterocycles. The van der Waals surface area contributed by atoms with E-state index in [1.807, 2.05) is 6.07 Å². The van der Waals surface area contributed by atoms with E-state index in [-0.39, 0.29) is 12.2 Å². The van der Waals surface area contributed by atoms with E-state index < -0.39 is 23.7 Å². The van der Waals surface area contributed by atoms with Crippen LogP contribution in [0.2, 0.25) is 0 Å². The number of alkyl carbamates (subject to hydrolysis) is 1. The molecule has 2 N–H and O–H groups in total. The van der Waals surface area contributed by atoms with Gasteiger partial charge in [-0.3, -0.25) is 4.79 Å². The number of carbonyl (C=O) groups is 3. The van der Waals surface area contributed by atoms with E-state index in [0.29, 0.717) is 16.7 Å². The summed E-state index contributed by atoms with van der Waals surface area (Å²) in [6.07, 6.45) is -0.767. The van der Waals surface area contributed by atoms with E-state index >= 15 is 0 Å². The highest BCUT2D eigenvalue weighted by molar-refractivity contribution is 6.09. The molecule has 0 saturated heterocycles. The highest BCUT2D eigenvalue weighted by Crippen LogP contribution is 2.14. The van der Waals surface area contributed by atoms with Crippen molar-refractivity contribution in [2.24, 2.45) is 0 Å². The number of carboxylic acid groups (broad SMARTS) is 1. The number of aliphatic carboxylic acids is 1. The maximum absolute atomic E-state index is 12.5. The first kappa shape index (κ1) is 20.2. The highest BCUT2D eigenvalue weighted by atomic mass is 16.6. The third-order valence-electron chi connectivity index (χ3n) is 3.65. The number of hydrogen-bond donors (Lipinski definition) is 2. The quantitative estimate of drug-likeness (QED) is 0.761. The molecule has 0 spiro atoms. The van der Waals surface area contributed by atoms with E-state index in [0.717, 1.165) is 0 Å². The third kappa shape index (κ3) is 6.26. The van der Waals surface area contributed by atoms with Crippen LogP contribution in [0.15, 0.2) is 54.6 Å². The van der Waals surface area contributed by atoms with Crippen LogP contribution in [0.4, 0.5) is 4.79 Å². The zero-order chi connectivity index (χ0) is 20.0. The molecule has 0 aliphatic heterocycles. The summed E-state index contributed by atoms with van der Waals surface area (Å²) in [5.41, 5.74) is 0.909. The summed E-state index contributed by atoms with van der Waals surface area (Å²) in [5, 5.41) is 11.8. The molecule has 2 rings (SSSR count). The average molecular weight is 369 g/mol. The van der Waals surface area contributed by atoms with E-state index in [1.54, 1.807) is 69.3 Å². The number of rotatable bonds is 6. The monoisotopic (exact) mass is 369 g/mol. The van der Waals surface area contributed by atoms with Gasteiger partial charge in [0.15, 0.2) is 5.78 Å². The second kappa shape index (κ2) is 8.49. The summed E-state index contributed by atoms with van der Waals surface area (Å²) in [5.74, 6) is -1.33. The Kier molecular flexibility index (Phi) is 6.34. The van der Waals surface area contributed by atoms with Crippen molar-refractivity contribution in [1.29, 1.82) is 0 Å². The second-order valence-corrected chi connectivity index (χ2v) is 7.14. The minimum atomic E-state index is -1.18. The molecule has 0 heterocycles. The minimum absolute atomic E-state index is 0.0322. The second-order valence-electron chi connectivity index (χ2n) is 7.14. The largest absolute Gasteiger partial charge is 0.480 e. The molecule has 0 fully saturated rings. The Balaban J connectivity index is 2.14. The predicted octanol–water partition coefficient (Wildman–Crippen LogP) is 3.44. The van der Waals surface area contributed by atoms with Gasteiger partial charge in [0.1, 0.15) is 11.6 Å². The molecule has 0 bridgehead atoms. The molecule has 6 heteroatoms. The number of carbonyl (C=O) groups excluding carboxylic acids is 2. The number of ether oxygens (including phenoxy) is 1.